The lowest BCUT2D eigenvalue weighted by Gasteiger charge is -2.29. The van der Waals surface area contributed by atoms with Crippen molar-refractivity contribution in [3.63, 3.8) is 0 Å². The largest absolute Gasteiger partial charge is 0.448 e. The number of hydrogen-bond donors (Lipinski definition) is 0. The molecular formula is C17H20N2O4. The van der Waals surface area contributed by atoms with E-state index in [1.807, 2.05) is 13.8 Å². The Morgan fingerprint density at radius 1 is 1.26 bits per heavy atom. The number of imide groups is 1. The van der Waals surface area contributed by atoms with Crippen molar-refractivity contribution in [3.05, 3.63) is 48.0 Å². The summed E-state index contributed by atoms with van der Waals surface area (Å²) in [5.41, 5.74) is 0.579. The van der Waals surface area contributed by atoms with Gasteiger partial charge in [0, 0.05) is 0 Å². The number of benzene rings is 1. The van der Waals surface area contributed by atoms with E-state index in [4.69, 9.17) is 4.74 Å². The van der Waals surface area contributed by atoms with Crippen LogP contribution in [0.15, 0.2) is 36.9 Å². The predicted octanol–water partition coefficient (Wildman–Crippen LogP) is 2.87. The van der Waals surface area contributed by atoms with Crippen molar-refractivity contribution in [2.24, 2.45) is 5.92 Å². The van der Waals surface area contributed by atoms with Gasteiger partial charge in [-0.1, -0.05) is 32.1 Å². The SMILES string of the molecule is C=CCCN(C(=O)OCC(C)C)N1C(=O)c2ccccc2C1=O. The van der Waals surface area contributed by atoms with Crippen molar-refractivity contribution in [1.29, 1.82) is 0 Å². The highest BCUT2D eigenvalue weighted by atomic mass is 16.6. The molecule has 0 saturated heterocycles. The van der Waals surface area contributed by atoms with Gasteiger partial charge in [-0.3, -0.25) is 9.59 Å². The molecule has 122 valence electrons. The molecule has 0 saturated carbocycles. The third-order valence-corrected chi connectivity index (χ3v) is 3.31. The van der Waals surface area contributed by atoms with Gasteiger partial charge >= 0.3 is 6.09 Å². The Labute approximate surface area is 135 Å². The van der Waals surface area contributed by atoms with Crippen LogP contribution in [0.25, 0.3) is 0 Å². The highest BCUT2D eigenvalue weighted by Crippen LogP contribution is 2.24. The number of hydrazine groups is 1. The average Bonchev–Trinajstić information content (AvgIpc) is 2.78. The van der Waals surface area contributed by atoms with Gasteiger partial charge in [0.05, 0.1) is 24.3 Å². The van der Waals surface area contributed by atoms with Crippen LogP contribution in [0.2, 0.25) is 0 Å². The fourth-order valence-electron chi connectivity index (χ4n) is 2.19. The van der Waals surface area contributed by atoms with Crippen LogP contribution >= 0.6 is 0 Å². The van der Waals surface area contributed by atoms with Crippen molar-refractivity contribution < 1.29 is 19.1 Å². The van der Waals surface area contributed by atoms with Crippen LogP contribution < -0.4 is 0 Å². The number of rotatable bonds is 6. The number of ether oxygens (including phenoxy) is 1. The Kier molecular flexibility index (Phi) is 5.16. The van der Waals surface area contributed by atoms with E-state index in [9.17, 15) is 14.4 Å². The zero-order valence-electron chi connectivity index (χ0n) is 13.3. The van der Waals surface area contributed by atoms with Gasteiger partial charge in [0.15, 0.2) is 0 Å². The number of amides is 3. The Hall–Kier alpha value is -2.63. The zero-order valence-corrected chi connectivity index (χ0v) is 13.3. The minimum atomic E-state index is -0.713. The smallest absolute Gasteiger partial charge is 0.429 e. The molecule has 0 N–H and O–H groups in total. The molecule has 6 nitrogen and oxygen atoms in total. The molecule has 0 aromatic heterocycles. The first-order chi connectivity index (χ1) is 11.0. The quantitative estimate of drug-likeness (QED) is 0.598. The summed E-state index contributed by atoms with van der Waals surface area (Å²) in [4.78, 5) is 37.3. The van der Waals surface area contributed by atoms with E-state index in [-0.39, 0.29) is 30.2 Å². The standard InChI is InChI=1S/C17H20N2O4/c1-4-5-10-18(17(22)23-11-12(2)3)19-15(20)13-8-6-7-9-14(13)16(19)21/h4,6-9,12H,1,5,10-11H2,2-3H3. The lowest BCUT2D eigenvalue weighted by molar-refractivity contribution is -0.00399. The van der Waals surface area contributed by atoms with Crippen LogP contribution in [0, 0.1) is 5.92 Å². The van der Waals surface area contributed by atoms with Crippen molar-refractivity contribution in [2.45, 2.75) is 20.3 Å². The molecule has 1 aromatic rings. The first-order valence-electron chi connectivity index (χ1n) is 7.50. The number of carbonyl (C=O) groups excluding carboxylic acids is 3. The number of hydrogen-bond acceptors (Lipinski definition) is 4. The number of fused-ring (bicyclic) bond motifs is 1. The Balaban J connectivity index is 2.26. The molecule has 0 spiro atoms. The minimum Gasteiger partial charge on any atom is -0.448 e. The summed E-state index contributed by atoms with van der Waals surface area (Å²) in [5, 5.41) is 1.91. The van der Waals surface area contributed by atoms with E-state index in [1.165, 1.54) is 0 Å². The Morgan fingerprint density at radius 3 is 2.30 bits per heavy atom. The van der Waals surface area contributed by atoms with E-state index in [0.717, 1.165) is 10.0 Å². The van der Waals surface area contributed by atoms with Crippen molar-refractivity contribution >= 4 is 17.9 Å². The molecule has 1 aliphatic rings. The lowest BCUT2D eigenvalue weighted by Crippen LogP contribution is -2.50. The summed E-state index contributed by atoms with van der Waals surface area (Å²) in [5.74, 6) is -0.880. The van der Waals surface area contributed by atoms with Crippen molar-refractivity contribution in [3.8, 4) is 0 Å². The fourth-order valence-corrected chi connectivity index (χ4v) is 2.19. The van der Waals surface area contributed by atoms with E-state index < -0.39 is 17.9 Å². The minimum absolute atomic E-state index is 0.145. The summed E-state index contributed by atoms with van der Waals surface area (Å²) in [7, 11) is 0. The maximum absolute atomic E-state index is 12.5. The van der Waals surface area contributed by atoms with E-state index in [2.05, 4.69) is 6.58 Å². The molecule has 1 heterocycles. The molecule has 0 radical (unpaired) electrons. The van der Waals surface area contributed by atoms with Crippen molar-refractivity contribution in [2.75, 3.05) is 13.2 Å². The molecule has 23 heavy (non-hydrogen) atoms. The molecular weight excluding hydrogens is 296 g/mol. The Bertz CT molecular complexity index is 604. The second-order valence-corrected chi connectivity index (χ2v) is 5.64. The van der Waals surface area contributed by atoms with Crippen LogP contribution in [-0.4, -0.2) is 41.1 Å². The third-order valence-electron chi connectivity index (χ3n) is 3.31. The summed E-state index contributed by atoms with van der Waals surface area (Å²) in [6.45, 7) is 7.78. The van der Waals surface area contributed by atoms with E-state index in [0.29, 0.717) is 6.42 Å². The lowest BCUT2D eigenvalue weighted by atomic mass is 10.1. The van der Waals surface area contributed by atoms with Crippen LogP contribution in [0.1, 0.15) is 41.0 Å². The van der Waals surface area contributed by atoms with Crippen LogP contribution in [0.5, 0.6) is 0 Å². The normalized spacial score (nSPS) is 13.3. The predicted molar refractivity (Wildman–Crippen MR) is 84.6 cm³/mol. The van der Waals surface area contributed by atoms with Gasteiger partial charge < -0.3 is 4.74 Å². The zero-order chi connectivity index (χ0) is 17.0. The number of carbonyl (C=O) groups is 3. The average molecular weight is 316 g/mol. The summed E-state index contributed by atoms with van der Waals surface area (Å²) >= 11 is 0. The van der Waals surface area contributed by atoms with Crippen molar-refractivity contribution in [1.82, 2.24) is 10.0 Å². The highest BCUT2D eigenvalue weighted by molar-refractivity contribution is 6.21. The summed E-state index contributed by atoms with van der Waals surface area (Å²) < 4.78 is 5.18. The van der Waals surface area contributed by atoms with Gasteiger partial charge in [-0.25, -0.2) is 9.80 Å². The molecule has 0 unspecified atom stereocenters. The molecule has 1 aromatic carbocycles. The number of nitrogens with zero attached hydrogens (tertiary/aromatic N) is 2. The van der Waals surface area contributed by atoms with Crippen LogP contribution in [-0.2, 0) is 4.74 Å². The van der Waals surface area contributed by atoms with Crippen LogP contribution in [0.3, 0.4) is 0 Å². The molecule has 6 heteroatoms. The molecule has 0 bridgehead atoms. The van der Waals surface area contributed by atoms with Gasteiger partial charge in [-0.2, -0.15) is 5.01 Å². The molecule has 1 aliphatic heterocycles. The van der Waals surface area contributed by atoms with Crippen LogP contribution in [0.4, 0.5) is 4.79 Å². The van der Waals surface area contributed by atoms with E-state index >= 15 is 0 Å². The molecule has 0 aliphatic carbocycles. The second-order valence-electron chi connectivity index (χ2n) is 5.64. The monoisotopic (exact) mass is 316 g/mol. The second kappa shape index (κ2) is 7.09. The van der Waals surface area contributed by atoms with Gasteiger partial charge in [0.25, 0.3) is 11.8 Å². The first-order valence-corrected chi connectivity index (χ1v) is 7.50. The highest BCUT2D eigenvalue weighted by Gasteiger charge is 2.41. The van der Waals surface area contributed by atoms with Gasteiger partial charge in [-0.05, 0) is 24.5 Å². The van der Waals surface area contributed by atoms with Gasteiger partial charge in [0.2, 0.25) is 0 Å². The van der Waals surface area contributed by atoms with Gasteiger partial charge in [0.1, 0.15) is 0 Å². The van der Waals surface area contributed by atoms with Gasteiger partial charge in [-0.15, -0.1) is 6.58 Å². The molecule has 3 amide bonds. The molecule has 0 atom stereocenters. The topological polar surface area (TPSA) is 66.9 Å². The molecule has 2 rings (SSSR count). The first kappa shape index (κ1) is 16.7. The maximum Gasteiger partial charge on any atom is 0.429 e. The maximum atomic E-state index is 12.5. The summed E-state index contributed by atoms with van der Waals surface area (Å²) in [6, 6.07) is 6.50. The summed E-state index contributed by atoms with van der Waals surface area (Å²) in [6.07, 6.45) is 1.33. The third kappa shape index (κ3) is 3.41. The molecule has 0 fully saturated rings. The Morgan fingerprint density at radius 2 is 1.83 bits per heavy atom. The van der Waals surface area contributed by atoms with E-state index in [1.54, 1.807) is 30.3 Å². The fraction of sp³-hybridized carbons (Fsp3) is 0.353.